The number of unbranched alkanes of at least 4 members (excludes halogenated alkanes) is 3. The van der Waals surface area contributed by atoms with Crippen LogP contribution in [0.1, 0.15) is 39.5 Å². The van der Waals surface area contributed by atoms with Crippen LogP contribution >= 0.6 is 7.82 Å². The van der Waals surface area contributed by atoms with E-state index in [9.17, 15) is 4.57 Å². The predicted molar refractivity (Wildman–Crippen MR) is 48.9 cm³/mol. The lowest BCUT2D eigenvalue weighted by atomic mass is 10.2. The van der Waals surface area contributed by atoms with E-state index in [1.807, 2.05) is 0 Å². The highest BCUT2D eigenvalue weighted by Crippen LogP contribution is 2.33. The van der Waals surface area contributed by atoms with Gasteiger partial charge in [0.2, 0.25) is 0 Å². The van der Waals surface area contributed by atoms with Crippen LogP contribution < -0.4 is 0 Å². The molecule has 4 nitrogen and oxygen atoms in total. The fourth-order valence-corrected chi connectivity index (χ4v) is 0.500. The van der Waals surface area contributed by atoms with Gasteiger partial charge in [0.1, 0.15) is 0 Å². The molecule has 0 aromatic rings. The summed E-state index contributed by atoms with van der Waals surface area (Å²) in [5.41, 5.74) is 0. The van der Waals surface area contributed by atoms with Gasteiger partial charge in [0.05, 0.1) is 0 Å². The molecular weight excluding hydrogens is 179 g/mol. The third-order valence-corrected chi connectivity index (χ3v) is 1.67. The van der Waals surface area contributed by atoms with Crippen molar-refractivity contribution < 1.29 is 18.9 Å². The normalized spacial score (nSPS) is 10.4. The van der Waals surface area contributed by atoms with Crippen LogP contribution in [-0.2, 0) is 9.09 Å². The largest absolute Gasteiger partial charge is 0.469 e. The van der Waals surface area contributed by atoms with Gasteiger partial charge < -0.3 is 9.79 Å². The topological polar surface area (TPSA) is 66.8 Å². The molecule has 0 radical (unpaired) electrons. The zero-order valence-corrected chi connectivity index (χ0v) is 8.88. The number of phosphoric ester groups is 1. The number of rotatable bonds is 4. The average Bonchev–Trinajstić information content (AvgIpc) is 2.01. The van der Waals surface area contributed by atoms with Crippen molar-refractivity contribution in [3.8, 4) is 0 Å². The van der Waals surface area contributed by atoms with Crippen molar-refractivity contribution in [3.63, 3.8) is 0 Å². The van der Waals surface area contributed by atoms with Crippen LogP contribution in [0.25, 0.3) is 0 Å². The van der Waals surface area contributed by atoms with E-state index >= 15 is 0 Å². The van der Waals surface area contributed by atoms with Crippen LogP contribution in [0.3, 0.4) is 0 Å². The lowest BCUT2D eigenvalue weighted by molar-refractivity contribution is 0.235. The first-order valence-corrected chi connectivity index (χ1v) is 5.62. The first-order valence-electron chi connectivity index (χ1n) is 4.09. The van der Waals surface area contributed by atoms with E-state index in [4.69, 9.17) is 9.79 Å². The van der Waals surface area contributed by atoms with Crippen molar-refractivity contribution in [2.75, 3.05) is 7.11 Å². The van der Waals surface area contributed by atoms with Crippen LogP contribution in [0, 0.1) is 0 Å². The smallest absolute Gasteiger partial charge is 0.303 e. The average molecular weight is 198 g/mol. The van der Waals surface area contributed by atoms with Gasteiger partial charge in [-0.2, -0.15) is 0 Å². The van der Waals surface area contributed by atoms with Gasteiger partial charge in [-0.15, -0.1) is 0 Å². The molecule has 0 atom stereocenters. The molecule has 0 amide bonds. The Morgan fingerprint density at radius 3 is 1.50 bits per heavy atom. The molecule has 0 rings (SSSR count). The minimum Gasteiger partial charge on any atom is -0.303 e. The van der Waals surface area contributed by atoms with Crippen LogP contribution in [-0.4, -0.2) is 16.9 Å². The quantitative estimate of drug-likeness (QED) is 0.537. The summed E-state index contributed by atoms with van der Waals surface area (Å²) in [6.45, 7) is 4.46. The zero-order valence-electron chi connectivity index (χ0n) is 7.99. The Hall–Kier alpha value is 0.110. The molecule has 0 saturated carbocycles. The standard InChI is InChI=1S/C6H14.CH5O4P/c1-3-5-6-4-2;1-5-6(2,3)4/h3-6H2,1-2H3;1H3,(H2,2,3,4). The summed E-state index contributed by atoms with van der Waals surface area (Å²) in [6.07, 6.45) is 5.54. The van der Waals surface area contributed by atoms with E-state index in [-0.39, 0.29) is 0 Å². The predicted octanol–water partition coefficient (Wildman–Crippen LogP) is 2.31. The summed E-state index contributed by atoms with van der Waals surface area (Å²) in [5, 5.41) is 0. The van der Waals surface area contributed by atoms with Crippen molar-refractivity contribution >= 4 is 7.82 Å². The summed E-state index contributed by atoms with van der Waals surface area (Å²) in [7, 11) is -3.20. The third-order valence-electron chi connectivity index (χ3n) is 1.19. The summed E-state index contributed by atoms with van der Waals surface area (Å²) >= 11 is 0. The van der Waals surface area contributed by atoms with Crippen molar-refractivity contribution in [3.05, 3.63) is 0 Å². The minimum absolute atomic E-state index is 0.945. The second-order valence-corrected chi connectivity index (χ2v) is 3.73. The first-order chi connectivity index (χ1) is 5.47. The van der Waals surface area contributed by atoms with E-state index in [0.29, 0.717) is 0 Å². The Morgan fingerprint density at radius 1 is 1.17 bits per heavy atom. The van der Waals surface area contributed by atoms with E-state index in [2.05, 4.69) is 18.4 Å². The second-order valence-electron chi connectivity index (χ2n) is 2.38. The van der Waals surface area contributed by atoms with Gasteiger partial charge in [0.15, 0.2) is 0 Å². The van der Waals surface area contributed by atoms with Gasteiger partial charge in [0.25, 0.3) is 0 Å². The molecule has 0 aromatic carbocycles. The fraction of sp³-hybridized carbons (Fsp3) is 1.00. The maximum absolute atomic E-state index is 9.47. The Morgan fingerprint density at radius 2 is 1.42 bits per heavy atom. The molecule has 0 aliphatic rings. The van der Waals surface area contributed by atoms with Crippen molar-refractivity contribution in [1.29, 1.82) is 0 Å². The zero-order chi connectivity index (χ0) is 10.0. The second kappa shape index (κ2) is 9.20. The maximum Gasteiger partial charge on any atom is 0.469 e. The molecule has 76 valence electrons. The van der Waals surface area contributed by atoms with Gasteiger partial charge in [-0.25, -0.2) is 4.57 Å². The number of hydrogen-bond donors (Lipinski definition) is 2. The van der Waals surface area contributed by atoms with Crippen LogP contribution in [0.4, 0.5) is 0 Å². The van der Waals surface area contributed by atoms with E-state index in [1.54, 1.807) is 0 Å². The molecule has 0 aromatic heterocycles. The van der Waals surface area contributed by atoms with Crippen LogP contribution in [0.5, 0.6) is 0 Å². The number of phosphoric acid groups is 1. The van der Waals surface area contributed by atoms with Crippen molar-refractivity contribution in [2.45, 2.75) is 39.5 Å². The summed E-state index contributed by atoms with van der Waals surface area (Å²) < 4.78 is 13.1. The minimum atomic E-state index is -4.15. The van der Waals surface area contributed by atoms with E-state index in [1.165, 1.54) is 25.7 Å². The molecule has 0 heterocycles. The Labute approximate surface area is 74.2 Å². The molecule has 0 bridgehead atoms. The maximum atomic E-state index is 9.47. The van der Waals surface area contributed by atoms with Gasteiger partial charge in [0, 0.05) is 7.11 Å². The molecule has 12 heavy (non-hydrogen) atoms. The Bertz CT molecular complexity index is 117. The molecule has 0 fully saturated rings. The van der Waals surface area contributed by atoms with E-state index in [0.717, 1.165) is 7.11 Å². The molecule has 5 heteroatoms. The first kappa shape index (κ1) is 14.6. The van der Waals surface area contributed by atoms with Crippen molar-refractivity contribution in [1.82, 2.24) is 0 Å². The van der Waals surface area contributed by atoms with E-state index < -0.39 is 7.82 Å². The van der Waals surface area contributed by atoms with Gasteiger partial charge in [-0.1, -0.05) is 39.5 Å². The molecule has 0 aliphatic heterocycles. The Kier molecular flexibility index (Phi) is 11.2. The van der Waals surface area contributed by atoms with Gasteiger partial charge in [-0.05, 0) is 0 Å². The van der Waals surface area contributed by atoms with Crippen molar-refractivity contribution in [2.24, 2.45) is 0 Å². The highest BCUT2D eigenvalue weighted by molar-refractivity contribution is 7.46. The summed E-state index contributed by atoms with van der Waals surface area (Å²) in [4.78, 5) is 15.4. The third kappa shape index (κ3) is 22.5. The van der Waals surface area contributed by atoms with Crippen LogP contribution in [0.15, 0.2) is 0 Å². The monoisotopic (exact) mass is 198 g/mol. The fourth-order valence-electron chi connectivity index (χ4n) is 0.500. The summed E-state index contributed by atoms with van der Waals surface area (Å²) in [6, 6.07) is 0. The molecule has 2 N–H and O–H groups in total. The lowest BCUT2D eigenvalue weighted by Crippen LogP contribution is -1.76. The van der Waals surface area contributed by atoms with Gasteiger partial charge >= 0.3 is 7.82 Å². The molecule has 0 aliphatic carbocycles. The SMILES string of the molecule is CCCCCC.COP(=O)(O)O. The molecule has 0 spiro atoms. The highest BCUT2D eigenvalue weighted by atomic mass is 31.2. The Balaban J connectivity index is 0. The highest BCUT2D eigenvalue weighted by Gasteiger charge is 2.07. The molecular formula is C7H19O4P. The summed E-state index contributed by atoms with van der Waals surface area (Å²) in [5.74, 6) is 0. The lowest BCUT2D eigenvalue weighted by Gasteiger charge is -1.93. The molecule has 0 saturated heterocycles. The number of hydrogen-bond acceptors (Lipinski definition) is 2. The molecule has 0 unspecified atom stereocenters. The van der Waals surface area contributed by atoms with Crippen LogP contribution in [0.2, 0.25) is 0 Å². The van der Waals surface area contributed by atoms with Gasteiger partial charge in [-0.3, -0.25) is 4.52 Å².